The number of amides is 1. The average molecular weight is 562 g/mol. The van der Waals surface area contributed by atoms with Gasteiger partial charge in [-0.25, -0.2) is 9.97 Å². The summed E-state index contributed by atoms with van der Waals surface area (Å²) in [5, 5.41) is 16.5. The highest BCUT2D eigenvalue weighted by Gasteiger charge is 2.23. The minimum atomic E-state index is -0.357. The molecule has 1 fully saturated rings. The minimum Gasteiger partial charge on any atom is -0.391 e. The molecule has 3 aromatic heterocycles. The van der Waals surface area contributed by atoms with Crippen LogP contribution in [0.5, 0.6) is 0 Å². The Bertz CT molecular complexity index is 1760. The summed E-state index contributed by atoms with van der Waals surface area (Å²) in [5.41, 5.74) is 7.04. The fraction of sp³-hybridized carbons (Fsp3) is 0.273. The molecule has 0 saturated carbocycles. The number of benzene rings is 2. The first-order valence-corrected chi connectivity index (χ1v) is 14.2. The number of nitrogens with zero attached hydrogens (tertiary/aromatic N) is 5. The number of rotatable bonds is 6. The number of carbonyl (C=O) groups excluding carboxylic acids is 1. The van der Waals surface area contributed by atoms with Gasteiger partial charge >= 0.3 is 0 Å². The second-order valence-corrected chi connectivity index (χ2v) is 11.8. The molecular weight excluding hydrogens is 526 g/mol. The number of aliphatic hydroxyl groups is 1. The number of nitrogens with one attached hydrogen (secondary N) is 2. The minimum absolute atomic E-state index is 0.0250. The Morgan fingerprint density at radius 3 is 2.57 bits per heavy atom. The van der Waals surface area contributed by atoms with E-state index >= 15 is 0 Å². The highest BCUT2D eigenvalue weighted by molar-refractivity contribution is 6.05. The molecule has 5 aromatic rings. The van der Waals surface area contributed by atoms with E-state index in [9.17, 15) is 9.90 Å². The molecule has 0 spiro atoms. The van der Waals surface area contributed by atoms with E-state index in [4.69, 9.17) is 4.98 Å². The van der Waals surface area contributed by atoms with E-state index in [1.165, 1.54) is 5.56 Å². The number of pyridine rings is 1. The summed E-state index contributed by atoms with van der Waals surface area (Å²) in [6, 6.07) is 17.6. The lowest BCUT2D eigenvalue weighted by molar-refractivity contribution is 0.102. The smallest absolute Gasteiger partial charge is 0.255 e. The van der Waals surface area contributed by atoms with E-state index in [0.29, 0.717) is 30.3 Å². The molecule has 1 aliphatic heterocycles. The maximum Gasteiger partial charge on any atom is 0.255 e. The maximum atomic E-state index is 13.2. The van der Waals surface area contributed by atoms with Crippen molar-refractivity contribution < 1.29 is 9.90 Å². The van der Waals surface area contributed by atoms with Gasteiger partial charge in [0.15, 0.2) is 5.65 Å². The van der Waals surface area contributed by atoms with Crippen LogP contribution in [0.2, 0.25) is 0 Å². The zero-order valence-electron chi connectivity index (χ0n) is 24.3. The Hall–Kier alpha value is -4.76. The van der Waals surface area contributed by atoms with Gasteiger partial charge in [-0.05, 0) is 65.8 Å². The van der Waals surface area contributed by atoms with Gasteiger partial charge < -0.3 is 25.0 Å². The third kappa shape index (κ3) is 5.56. The molecular formula is C33H35N7O2. The molecule has 1 unspecified atom stereocenters. The van der Waals surface area contributed by atoms with Crippen LogP contribution < -0.4 is 15.5 Å². The fourth-order valence-electron chi connectivity index (χ4n) is 5.30. The van der Waals surface area contributed by atoms with Crippen molar-refractivity contribution in [2.24, 2.45) is 0 Å². The van der Waals surface area contributed by atoms with E-state index in [2.05, 4.69) is 41.4 Å². The number of β-amino-alcohol motifs (C(OH)–C–C–N with tert-alkyl or cyclic N) is 1. The number of hydrogen-bond acceptors (Lipinski definition) is 7. The molecule has 3 N–H and O–H groups in total. The molecule has 6 rings (SSSR count). The summed E-state index contributed by atoms with van der Waals surface area (Å²) < 4.78 is 1.97. The van der Waals surface area contributed by atoms with E-state index in [1.54, 1.807) is 12.4 Å². The van der Waals surface area contributed by atoms with Crippen LogP contribution in [0, 0.1) is 6.92 Å². The van der Waals surface area contributed by atoms with Crippen LogP contribution in [0.4, 0.5) is 23.1 Å². The molecule has 1 saturated heterocycles. The third-order valence-corrected chi connectivity index (χ3v) is 7.75. The fourth-order valence-corrected chi connectivity index (χ4v) is 5.30. The summed E-state index contributed by atoms with van der Waals surface area (Å²) >= 11 is 0. The average Bonchev–Trinajstić information content (AvgIpc) is 3.63. The number of anilines is 4. The van der Waals surface area contributed by atoms with Crippen molar-refractivity contribution in [3.8, 4) is 11.1 Å². The molecule has 4 heterocycles. The molecule has 2 aromatic carbocycles. The van der Waals surface area contributed by atoms with Crippen molar-refractivity contribution in [1.29, 1.82) is 0 Å². The number of hydrogen-bond donors (Lipinski definition) is 3. The van der Waals surface area contributed by atoms with Crippen molar-refractivity contribution in [3.63, 3.8) is 0 Å². The second kappa shape index (κ2) is 10.9. The third-order valence-electron chi connectivity index (χ3n) is 7.75. The van der Waals surface area contributed by atoms with E-state index < -0.39 is 0 Å². The molecule has 9 heteroatoms. The van der Waals surface area contributed by atoms with Crippen molar-refractivity contribution >= 4 is 34.7 Å². The highest BCUT2D eigenvalue weighted by Crippen LogP contribution is 2.33. The van der Waals surface area contributed by atoms with Crippen molar-refractivity contribution in [1.82, 2.24) is 19.4 Å². The Kier molecular flexibility index (Phi) is 7.12. The molecule has 1 aliphatic rings. The van der Waals surface area contributed by atoms with Crippen LogP contribution in [-0.2, 0) is 5.41 Å². The van der Waals surface area contributed by atoms with E-state index in [0.717, 1.165) is 40.3 Å². The highest BCUT2D eigenvalue weighted by atomic mass is 16.3. The van der Waals surface area contributed by atoms with Gasteiger partial charge in [0.05, 0.1) is 11.8 Å². The second-order valence-electron chi connectivity index (χ2n) is 11.8. The van der Waals surface area contributed by atoms with Gasteiger partial charge in [-0.1, -0.05) is 45.0 Å². The lowest BCUT2D eigenvalue weighted by Crippen LogP contribution is -2.23. The molecule has 1 amide bonds. The lowest BCUT2D eigenvalue weighted by Gasteiger charge is -2.19. The SMILES string of the molecule is Cc1c(NC(=O)c2ccc(C(C)(C)C)cc2)cccc1-c1cc(Nc2ccnc(N3CCC(O)C3)n2)c2nccn2c1. The van der Waals surface area contributed by atoms with Gasteiger partial charge in [0, 0.05) is 54.7 Å². The molecule has 1 atom stereocenters. The van der Waals surface area contributed by atoms with Crippen LogP contribution in [0.1, 0.15) is 48.7 Å². The number of fused-ring (bicyclic) bond motifs is 1. The molecule has 42 heavy (non-hydrogen) atoms. The maximum absolute atomic E-state index is 13.2. The largest absolute Gasteiger partial charge is 0.391 e. The first-order valence-electron chi connectivity index (χ1n) is 14.2. The van der Waals surface area contributed by atoms with Gasteiger partial charge in [0.1, 0.15) is 5.82 Å². The van der Waals surface area contributed by atoms with Gasteiger partial charge in [0.2, 0.25) is 5.95 Å². The summed E-state index contributed by atoms with van der Waals surface area (Å²) in [6.45, 7) is 9.73. The molecule has 9 nitrogen and oxygen atoms in total. The summed E-state index contributed by atoms with van der Waals surface area (Å²) in [4.78, 5) is 28.8. The summed E-state index contributed by atoms with van der Waals surface area (Å²) in [7, 11) is 0. The van der Waals surface area contributed by atoms with E-state index in [-0.39, 0.29) is 17.4 Å². The molecule has 214 valence electrons. The predicted octanol–water partition coefficient (Wildman–Crippen LogP) is 5.96. The number of carbonyl (C=O) groups is 1. The zero-order valence-corrected chi connectivity index (χ0v) is 24.3. The number of imidazole rings is 1. The Labute approximate surface area is 245 Å². The van der Waals surface area contributed by atoms with Crippen LogP contribution >= 0.6 is 0 Å². The monoisotopic (exact) mass is 561 g/mol. The lowest BCUT2D eigenvalue weighted by atomic mass is 9.86. The predicted molar refractivity (Wildman–Crippen MR) is 167 cm³/mol. The summed E-state index contributed by atoms with van der Waals surface area (Å²) in [5.74, 6) is 1.08. The first kappa shape index (κ1) is 27.4. The molecule has 0 aliphatic carbocycles. The van der Waals surface area contributed by atoms with Crippen molar-refractivity contribution in [2.75, 3.05) is 28.6 Å². The quantitative estimate of drug-likeness (QED) is 0.235. The van der Waals surface area contributed by atoms with Crippen LogP contribution in [-0.4, -0.2) is 49.6 Å². The van der Waals surface area contributed by atoms with E-state index in [1.807, 2.05) is 83.2 Å². The van der Waals surface area contributed by atoms with Crippen LogP contribution in [0.3, 0.4) is 0 Å². The standard InChI is InChI=1S/C33H35N7O2/c1-21-26(6-5-7-27(21)37-31(42)22-8-10-24(11-9-22)33(2,3)4)23-18-28(30-34-15-17-39(30)19-23)36-29-12-14-35-32(38-29)40-16-13-25(41)20-40/h5-12,14-15,17-19,25,41H,13,16,20H2,1-4H3,(H,37,42)(H,35,36,38). The van der Waals surface area contributed by atoms with Gasteiger partial charge in [0.25, 0.3) is 5.91 Å². The van der Waals surface area contributed by atoms with Crippen LogP contribution in [0.25, 0.3) is 16.8 Å². The zero-order chi connectivity index (χ0) is 29.4. The molecule has 0 radical (unpaired) electrons. The first-order chi connectivity index (χ1) is 20.2. The van der Waals surface area contributed by atoms with Gasteiger partial charge in [-0.2, -0.15) is 4.98 Å². The number of aromatic nitrogens is 4. The Balaban J connectivity index is 1.28. The van der Waals surface area contributed by atoms with Gasteiger partial charge in [-0.15, -0.1) is 0 Å². The normalized spacial score (nSPS) is 15.3. The number of aliphatic hydroxyl groups excluding tert-OH is 1. The molecule has 0 bridgehead atoms. The Morgan fingerprint density at radius 1 is 1.02 bits per heavy atom. The van der Waals surface area contributed by atoms with Crippen LogP contribution in [0.15, 0.2) is 79.4 Å². The summed E-state index contributed by atoms with van der Waals surface area (Å²) in [6.07, 6.45) is 7.77. The Morgan fingerprint density at radius 2 is 1.83 bits per heavy atom. The van der Waals surface area contributed by atoms with Gasteiger partial charge in [-0.3, -0.25) is 4.79 Å². The topological polar surface area (TPSA) is 108 Å². The van der Waals surface area contributed by atoms with Crippen molar-refractivity contribution in [2.45, 2.75) is 45.6 Å². The van der Waals surface area contributed by atoms with Crippen molar-refractivity contribution in [3.05, 3.63) is 96.1 Å².